The van der Waals surface area contributed by atoms with Gasteiger partial charge in [0.1, 0.15) is 10.8 Å². The minimum Gasteiger partial charge on any atom is -0.277 e. The fraction of sp³-hybridized carbons (Fsp3) is 0.250. The molecule has 3 heterocycles. The molecule has 144 valence electrons. The normalized spacial score (nSPS) is 18.4. The van der Waals surface area contributed by atoms with Crippen molar-refractivity contribution < 1.29 is 8.78 Å². The topological polar surface area (TPSA) is 47.8 Å². The van der Waals surface area contributed by atoms with Crippen LogP contribution < -0.4 is 5.56 Å². The fourth-order valence-electron chi connectivity index (χ4n) is 3.64. The van der Waals surface area contributed by atoms with Crippen molar-refractivity contribution >= 4 is 23.2 Å². The molecular formula is C20H15Cl2F2N3O. The molecule has 3 aromatic heterocycles. The van der Waals surface area contributed by atoms with Crippen LogP contribution in [0.1, 0.15) is 40.6 Å². The van der Waals surface area contributed by atoms with Crippen molar-refractivity contribution in [3.8, 4) is 5.69 Å². The lowest BCUT2D eigenvalue weighted by Gasteiger charge is -2.16. The number of aromatic nitrogens is 3. The maximum absolute atomic E-state index is 14.6. The molecule has 28 heavy (non-hydrogen) atoms. The Balaban J connectivity index is 1.79. The monoisotopic (exact) mass is 421 g/mol. The summed E-state index contributed by atoms with van der Waals surface area (Å²) in [6.45, 7) is 3.35. The van der Waals surface area contributed by atoms with Gasteiger partial charge >= 0.3 is 0 Å². The summed E-state index contributed by atoms with van der Waals surface area (Å²) in [5, 5.41) is -0.290. The van der Waals surface area contributed by atoms with Gasteiger partial charge in [-0.2, -0.15) is 0 Å². The molecule has 1 aliphatic rings. The molecule has 0 bridgehead atoms. The van der Waals surface area contributed by atoms with Crippen molar-refractivity contribution in [2.75, 3.05) is 0 Å². The fourth-order valence-corrected chi connectivity index (χ4v) is 4.05. The van der Waals surface area contributed by atoms with Gasteiger partial charge in [0.25, 0.3) is 5.56 Å². The molecule has 0 unspecified atom stereocenters. The third-order valence-corrected chi connectivity index (χ3v) is 5.71. The Morgan fingerprint density at radius 2 is 1.86 bits per heavy atom. The Labute approximate surface area is 169 Å². The quantitative estimate of drug-likeness (QED) is 0.552. The highest BCUT2D eigenvalue weighted by molar-refractivity contribution is 6.31. The van der Waals surface area contributed by atoms with Crippen LogP contribution in [0.25, 0.3) is 5.69 Å². The van der Waals surface area contributed by atoms with Crippen molar-refractivity contribution in [1.82, 2.24) is 14.5 Å². The number of halogens is 4. The molecule has 2 atom stereocenters. The number of pyridine rings is 3. The molecule has 4 rings (SSSR count). The van der Waals surface area contributed by atoms with E-state index in [-0.39, 0.29) is 27.7 Å². The molecule has 8 heteroatoms. The first kappa shape index (κ1) is 19.0. The molecule has 0 saturated heterocycles. The zero-order chi connectivity index (χ0) is 20.2. The van der Waals surface area contributed by atoms with E-state index in [2.05, 4.69) is 9.97 Å². The molecular weight excluding hydrogens is 407 g/mol. The van der Waals surface area contributed by atoms with E-state index in [4.69, 9.17) is 23.2 Å². The number of hydrogen-bond donors (Lipinski definition) is 0. The summed E-state index contributed by atoms with van der Waals surface area (Å²) >= 11 is 12.2. The van der Waals surface area contributed by atoms with Gasteiger partial charge < -0.3 is 0 Å². The van der Waals surface area contributed by atoms with Gasteiger partial charge in [-0.1, -0.05) is 23.2 Å². The van der Waals surface area contributed by atoms with Crippen LogP contribution in [-0.2, 0) is 0 Å². The van der Waals surface area contributed by atoms with E-state index in [1.54, 1.807) is 26.1 Å². The van der Waals surface area contributed by atoms with Crippen molar-refractivity contribution in [3.05, 3.63) is 85.3 Å². The van der Waals surface area contributed by atoms with Gasteiger partial charge in [0.15, 0.2) is 11.0 Å². The minimum absolute atomic E-state index is 0.0101. The van der Waals surface area contributed by atoms with E-state index in [0.717, 1.165) is 18.2 Å². The average Bonchev–Trinajstić information content (AvgIpc) is 3.45. The molecule has 0 aromatic carbocycles. The van der Waals surface area contributed by atoms with Gasteiger partial charge in [-0.25, -0.2) is 13.8 Å². The second kappa shape index (κ2) is 6.94. The number of nitrogens with zero attached hydrogens (tertiary/aromatic N) is 3. The average molecular weight is 422 g/mol. The van der Waals surface area contributed by atoms with Crippen LogP contribution in [0.4, 0.5) is 8.78 Å². The van der Waals surface area contributed by atoms with Gasteiger partial charge in [-0.15, -0.1) is 0 Å². The summed E-state index contributed by atoms with van der Waals surface area (Å²) < 4.78 is 29.3. The molecule has 3 aromatic rings. The first-order valence-corrected chi connectivity index (χ1v) is 9.38. The molecule has 0 amide bonds. The Bertz CT molecular complexity index is 1160. The molecule has 1 fully saturated rings. The van der Waals surface area contributed by atoms with E-state index in [0.29, 0.717) is 16.8 Å². The highest BCUT2D eigenvalue weighted by Crippen LogP contribution is 2.55. The van der Waals surface area contributed by atoms with Crippen LogP contribution in [0.2, 0.25) is 10.2 Å². The molecule has 1 saturated carbocycles. The second-order valence-corrected chi connectivity index (χ2v) is 7.71. The Kier molecular flexibility index (Phi) is 4.71. The molecule has 4 nitrogen and oxygen atoms in total. The molecule has 0 N–H and O–H groups in total. The van der Waals surface area contributed by atoms with Gasteiger partial charge in [-0.3, -0.25) is 14.3 Å². The lowest BCUT2D eigenvalue weighted by molar-refractivity contribution is 0.606. The van der Waals surface area contributed by atoms with E-state index >= 15 is 0 Å². The van der Waals surface area contributed by atoms with Gasteiger partial charge in [-0.05, 0) is 60.9 Å². The maximum Gasteiger partial charge on any atom is 0.274 e. The van der Waals surface area contributed by atoms with Gasteiger partial charge in [0.2, 0.25) is 0 Å². The number of aryl methyl sites for hydroxylation is 2. The first-order valence-electron chi connectivity index (χ1n) is 8.63. The molecule has 0 aliphatic heterocycles. The molecule has 1 aliphatic carbocycles. The van der Waals surface area contributed by atoms with Crippen LogP contribution in [0, 0.1) is 25.5 Å². The first-order chi connectivity index (χ1) is 13.3. The maximum atomic E-state index is 14.6. The highest BCUT2D eigenvalue weighted by atomic mass is 35.5. The second-order valence-electron chi connectivity index (χ2n) is 6.98. The van der Waals surface area contributed by atoms with Gasteiger partial charge in [0.05, 0.1) is 11.9 Å². The largest absolute Gasteiger partial charge is 0.277 e. The Morgan fingerprint density at radius 3 is 2.57 bits per heavy atom. The molecule has 0 radical (unpaired) electrons. The summed E-state index contributed by atoms with van der Waals surface area (Å²) in [5.74, 6) is -1.14. The predicted octanol–water partition coefficient (Wildman–Crippen LogP) is 5.10. The van der Waals surface area contributed by atoms with Crippen LogP contribution in [-0.4, -0.2) is 14.5 Å². The van der Waals surface area contributed by atoms with Gasteiger partial charge in [0, 0.05) is 18.1 Å². The SMILES string of the molecule is Cc1cnc(Cl)c(F)c1-n1c(C)cc([C@H]2C[C@@H]2c2cncc(F)c2)c(Cl)c1=O. The highest BCUT2D eigenvalue weighted by Gasteiger charge is 2.42. The third-order valence-electron chi connectivity index (χ3n) is 5.06. The van der Waals surface area contributed by atoms with E-state index in [1.165, 1.54) is 16.8 Å². The van der Waals surface area contributed by atoms with E-state index in [1.807, 2.05) is 0 Å². The lowest BCUT2D eigenvalue weighted by atomic mass is 10.1. The lowest BCUT2D eigenvalue weighted by Crippen LogP contribution is -2.24. The Morgan fingerprint density at radius 1 is 1.11 bits per heavy atom. The summed E-state index contributed by atoms with van der Waals surface area (Å²) in [6, 6.07) is 3.21. The van der Waals surface area contributed by atoms with Crippen molar-refractivity contribution in [2.24, 2.45) is 0 Å². The predicted molar refractivity (Wildman–Crippen MR) is 104 cm³/mol. The van der Waals surface area contributed by atoms with E-state index < -0.39 is 17.2 Å². The van der Waals surface area contributed by atoms with Crippen LogP contribution in [0.3, 0.4) is 0 Å². The van der Waals surface area contributed by atoms with Crippen LogP contribution in [0.5, 0.6) is 0 Å². The summed E-state index contributed by atoms with van der Waals surface area (Å²) in [5.41, 5.74) is 1.95. The number of hydrogen-bond acceptors (Lipinski definition) is 3. The standard InChI is InChI=1S/C20H15Cl2F2N3O/c1-9-6-26-19(22)17(24)18(9)27-10(2)3-15(16(21)20(27)28)14-5-13(14)11-4-12(23)8-25-7-11/h3-4,6-8,13-14H,5H2,1-2H3/t13-,14+/m1/s1. The molecule has 0 spiro atoms. The summed E-state index contributed by atoms with van der Waals surface area (Å²) in [7, 11) is 0. The zero-order valence-electron chi connectivity index (χ0n) is 15.0. The van der Waals surface area contributed by atoms with E-state index in [9.17, 15) is 13.6 Å². The Hall–Kier alpha value is -2.31. The van der Waals surface area contributed by atoms with Crippen LogP contribution in [0.15, 0.2) is 35.5 Å². The summed E-state index contributed by atoms with van der Waals surface area (Å²) in [6.07, 6.45) is 4.91. The van der Waals surface area contributed by atoms with Crippen molar-refractivity contribution in [3.63, 3.8) is 0 Å². The summed E-state index contributed by atoms with van der Waals surface area (Å²) in [4.78, 5) is 20.6. The van der Waals surface area contributed by atoms with Crippen LogP contribution >= 0.6 is 23.2 Å². The van der Waals surface area contributed by atoms with Crippen molar-refractivity contribution in [1.29, 1.82) is 0 Å². The number of rotatable bonds is 3. The minimum atomic E-state index is -0.772. The third kappa shape index (κ3) is 3.10. The smallest absolute Gasteiger partial charge is 0.274 e. The zero-order valence-corrected chi connectivity index (χ0v) is 16.5. The van der Waals surface area contributed by atoms with Crippen molar-refractivity contribution in [2.45, 2.75) is 32.1 Å².